The van der Waals surface area contributed by atoms with E-state index >= 15 is 0 Å². The molecule has 0 spiro atoms. The highest BCUT2D eigenvalue weighted by molar-refractivity contribution is 7.99. The molecule has 0 unspecified atom stereocenters. The van der Waals surface area contributed by atoms with E-state index in [-0.39, 0.29) is 5.97 Å². The van der Waals surface area contributed by atoms with Crippen LogP contribution in [0, 0.1) is 0 Å². The van der Waals surface area contributed by atoms with E-state index < -0.39 is 0 Å². The number of carbonyl (C=O) groups is 1. The van der Waals surface area contributed by atoms with Crippen molar-refractivity contribution in [2.24, 2.45) is 0 Å². The average molecular weight is 210 g/mol. The number of thioether (sulfide) groups is 1. The van der Waals surface area contributed by atoms with E-state index in [4.69, 9.17) is 0 Å². The lowest BCUT2D eigenvalue weighted by molar-refractivity contribution is -0.139. The molecule has 0 atom stereocenters. The minimum atomic E-state index is -0.191. The third-order valence-electron chi connectivity index (χ3n) is 1.79. The van der Waals surface area contributed by atoms with Gasteiger partial charge in [0.1, 0.15) is 0 Å². The van der Waals surface area contributed by atoms with Crippen molar-refractivity contribution >= 4 is 17.7 Å². The molecule has 0 amide bonds. The summed E-state index contributed by atoms with van der Waals surface area (Å²) < 4.78 is 4.61. The Hall–Kier alpha value is -0.960. The predicted octanol–water partition coefficient (Wildman–Crippen LogP) is 2.51. The van der Waals surface area contributed by atoms with Gasteiger partial charge >= 0.3 is 5.97 Å². The van der Waals surface area contributed by atoms with Crippen molar-refractivity contribution in [3.63, 3.8) is 0 Å². The fraction of sp³-hybridized carbons (Fsp3) is 0.364. The number of hydrogen-bond acceptors (Lipinski definition) is 3. The molecule has 0 heterocycles. The van der Waals surface area contributed by atoms with E-state index in [0.29, 0.717) is 6.42 Å². The molecular weight excluding hydrogens is 196 g/mol. The maximum Gasteiger partial charge on any atom is 0.309 e. The number of benzene rings is 1. The second-order valence-electron chi connectivity index (χ2n) is 2.83. The molecule has 0 aliphatic heterocycles. The van der Waals surface area contributed by atoms with Crippen LogP contribution in [0.2, 0.25) is 0 Å². The standard InChI is InChI=1S/C11H14O2S/c1-3-14-10-6-4-5-9(7-10)8-11(12)13-2/h4-7H,3,8H2,1-2H3. The van der Waals surface area contributed by atoms with Gasteiger partial charge in [-0.3, -0.25) is 4.79 Å². The molecule has 0 bridgehead atoms. The van der Waals surface area contributed by atoms with Crippen LogP contribution in [0.4, 0.5) is 0 Å². The molecule has 0 radical (unpaired) electrons. The lowest BCUT2D eigenvalue weighted by atomic mass is 10.1. The Morgan fingerprint density at radius 2 is 2.29 bits per heavy atom. The topological polar surface area (TPSA) is 26.3 Å². The highest BCUT2D eigenvalue weighted by atomic mass is 32.2. The zero-order chi connectivity index (χ0) is 10.4. The molecule has 14 heavy (non-hydrogen) atoms. The Balaban J connectivity index is 2.68. The number of esters is 1. The van der Waals surface area contributed by atoms with Crippen LogP contribution in [-0.2, 0) is 16.0 Å². The number of methoxy groups -OCH3 is 1. The maximum atomic E-state index is 11.0. The van der Waals surface area contributed by atoms with Gasteiger partial charge in [0.15, 0.2) is 0 Å². The van der Waals surface area contributed by atoms with Gasteiger partial charge in [0.25, 0.3) is 0 Å². The quantitative estimate of drug-likeness (QED) is 0.564. The van der Waals surface area contributed by atoms with Crippen LogP contribution in [0.3, 0.4) is 0 Å². The summed E-state index contributed by atoms with van der Waals surface area (Å²) in [6.07, 6.45) is 0.356. The SMILES string of the molecule is CCSc1cccc(CC(=O)OC)c1. The third kappa shape index (κ3) is 3.42. The molecule has 2 nitrogen and oxygen atoms in total. The van der Waals surface area contributed by atoms with E-state index in [1.807, 2.05) is 18.2 Å². The second kappa shape index (κ2) is 5.70. The largest absolute Gasteiger partial charge is 0.469 e. The van der Waals surface area contributed by atoms with Crippen molar-refractivity contribution in [2.75, 3.05) is 12.9 Å². The summed E-state index contributed by atoms with van der Waals surface area (Å²) in [5, 5.41) is 0. The first-order valence-electron chi connectivity index (χ1n) is 4.54. The third-order valence-corrected chi connectivity index (χ3v) is 2.66. The van der Waals surface area contributed by atoms with Gasteiger partial charge in [-0.25, -0.2) is 0 Å². The molecule has 0 fully saturated rings. The summed E-state index contributed by atoms with van der Waals surface area (Å²) in [5.41, 5.74) is 1.01. The fourth-order valence-corrected chi connectivity index (χ4v) is 1.89. The van der Waals surface area contributed by atoms with Crippen molar-refractivity contribution in [1.82, 2.24) is 0 Å². The molecule has 1 aromatic rings. The molecular formula is C11H14O2S. The lowest BCUT2D eigenvalue weighted by Crippen LogP contribution is -2.04. The smallest absolute Gasteiger partial charge is 0.309 e. The Labute approximate surface area is 88.7 Å². The molecule has 3 heteroatoms. The van der Waals surface area contributed by atoms with Crippen LogP contribution < -0.4 is 0 Å². The molecule has 1 aromatic carbocycles. The van der Waals surface area contributed by atoms with E-state index in [2.05, 4.69) is 17.7 Å². The van der Waals surface area contributed by atoms with Crippen LogP contribution in [0.1, 0.15) is 12.5 Å². The summed E-state index contributed by atoms with van der Waals surface area (Å²) in [4.78, 5) is 12.2. The molecule has 0 N–H and O–H groups in total. The fourth-order valence-electron chi connectivity index (χ4n) is 1.15. The van der Waals surface area contributed by atoms with Gasteiger partial charge in [0.05, 0.1) is 13.5 Å². The van der Waals surface area contributed by atoms with E-state index in [9.17, 15) is 4.79 Å². The highest BCUT2D eigenvalue weighted by Crippen LogP contribution is 2.18. The van der Waals surface area contributed by atoms with Crippen molar-refractivity contribution in [3.8, 4) is 0 Å². The minimum absolute atomic E-state index is 0.191. The van der Waals surface area contributed by atoms with Gasteiger partial charge in [0, 0.05) is 4.90 Å². The van der Waals surface area contributed by atoms with Crippen LogP contribution in [0.15, 0.2) is 29.2 Å². The first-order valence-corrected chi connectivity index (χ1v) is 5.53. The van der Waals surface area contributed by atoms with Crippen molar-refractivity contribution in [3.05, 3.63) is 29.8 Å². The summed E-state index contributed by atoms with van der Waals surface area (Å²) in [6.45, 7) is 2.11. The summed E-state index contributed by atoms with van der Waals surface area (Å²) in [6, 6.07) is 7.99. The van der Waals surface area contributed by atoms with Crippen molar-refractivity contribution < 1.29 is 9.53 Å². The van der Waals surface area contributed by atoms with Crippen LogP contribution >= 0.6 is 11.8 Å². The summed E-state index contributed by atoms with van der Waals surface area (Å²) in [7, 11) is 1.41. The Bertz CT molecular complexity index is 310. The zero-order valence-corrected chi connectivity index (χ0v) is 9.26. The highest BCUT2D eigenvalue weighted by Gasteiger charge is 2.02. The second-order valence-corrected chi connectivity index (χ2v) is 4.17. The summed E-state index contributed by atoms with van der Waals surface area (Å²) >= 11 is 1.77. The first-order chi connectivity index (χ1) is 6.76. The lowest BCUT2D eigenvalue weighted by Gasteiger charge is -2.02. The van der Waals surface area contributed by atoms with E-state index in [0.717, 1.165) is 11.3 Å². The van der Waals surface area contributed by atoms with Gasteiger partial charge in [-0.1, -0.05) is 19.1 Å². The van der Waals surface area contributed by atoms with E-state index in [1.54, 1.807) is 11.8 Å². The molecule has 1 rings (SSSR count). The minimum Gasteiger partial charge on any atom is -0.469 e. The first kappa shape index (κ1) is 11.1. The Morgan fingerprint density at radius 1 is 1.50 bits per heavy atom. The van der Waals surface area contributed by atoms with Gasteiger partial charge in [-0.05, 0) is 23.4 Å². The molecule has 0 aliphatic carbocycles. The Morgan fingerprint density at radius 3 is 2.93 bits per heavy atom. The van der Waals surface area contributed by atoms with Crippen molar-refractivity contribution in [2.45, 2.75) is 18.2 Å². The number of hydrogen-bond donors (Lipinski definition) is 0. The van der Waals surface area contributed by atoms with Crippen LogP contribution in [0.5, 0.6) is 0 Å². The van der Waals surface area contributed by atoms with Gasteiger partial charge in [-0.15, -0.1) is 11.8 Å². The molecule has 0 saturated heterocycles. The Kier molecular flexibility index (Phi) is 4.53. The van der Waals surface area contributed by atoms with Gasteiger partial charge in [0.2, 0.25) is 0 Å². The van der Waals surface area contributed by atoms with Gasteiger partial charge < -0.3 is 4.74 Å². The molecule has 0 aromatic heterocycles. The summed E-state index contributed by atoms with van der Waals surface area (Å²) in [5.74, 6) is 0.852. The van der Waals surface area contributed by atoms with Crippen LogP contribution in [-0.4, -0.2) is 18.8 Å². The van der Waals surface area contributed by atoms with Crippen LogP contribution in [0.25, 0.3) is 0 Å². The van der Waals surface area contributed by atoms with E-state index in [1.165, 1.54) is 12.0 Å². The number of carbonyl (C=O) groups excluding carboxylic acids is 1. The van der Waals surface area contributed by atoms with Crippen molar-refractivity contribution in [1.29, 1.82) is 0 Å². The zero-order valence-electron chi connectivity index (χ0n) is 8.45. The van der Waals surface area contributed by atoms with Gasteiger partial charge in [-0.2, -0.15) is 0 Å². The molecule has 76 valence electrons. The normalized spacial score (nSPS) is 9.86. The molecule has 0 aliphatic rings. The number of rotatable bonds is 4. The maximum absolute atomic E-state index is 11.0. The number of ether oxygens (including phenoxy) is 1. The average Bonchev–Trinajstić information content (AvgIpc) is 2.19. The molecule has 0 saturated carbocycles. The monoisotopic (exact) mass is 210 g/mol. The predicted molar refractivity (Wildman–Crippen MR) is 58.6 cm³/mol.